The number of hydrogen-bond acceptors (Lipinski definition) is 6. The van der Waals surface area contributed by atoms with Crippen LogP contribution in [0.5, 0.6) is 5.75 Å². The van der Waals surface area contributed by atoms with E-state index in [1.54, 1.807) is 19.2 Å². The van der Waals surface area contributed by atoms with Crippen molar-refractivity contribution in [2.24, 2.45) is 5.92 Å². The Balaban J connectivity index is 1.34. The number of amides is 1. The van der Waals surface area contributed by atoms with Gasteiger partial charge in [-0.05, 0) is 49.2 Å². The average Bonchev–Trinajstić information content (AvgIpc) is 3.25. The summed E-state index contributed by atoms with van der Waals surface area (Å²) in [6.07, 6.45) is 1.43. The topological polar surface area (TPSA) is 80.5 Å². The molecule has 2 heterocycles. The lowest BCUT2D eigenvalue weighted by molar-refractivity contribution is -0.120. The molecule has 150 valence electrons. The second-order valence-corrected chi connectivity index (χ2v) is 7.33. The first-order valence-electron chi connectivity index (χ1n) is 9.42. The Morgan fingerprint density at radius 1 is 1.21 bits per heavy atom. The molecule has 1 amide bonds. The van der Waals surface area contributed by atoms with Gasteiger partial charge in [-0.1, -0.05) is 22.8 Å². The van der Waals surface area contributed by atoms with E-state index in [-0.39, 0.29) is 11.8 Å². The van der Waals surface area contributed by atoms with Crippen molar-refractivity contribution < 1.29 is 14.1 Å². The molecule has 7 nitrogen and oxygen atoms in total. The molecule has 0 radical (unpaired) electrons. The van der Waals surface area contributed by atoms with E-state index in [4.69, 9.17) is 20.9 Å². The maximum Gasteiger partial charge on any atom is 0.324 e. The van der Waals surface area contributed by atoms with E-state index in [0.717, 1.165) is 11.3 Å². The number of halogens is 1. The number of aromatic nitrogens is 2. The number of piperidine rings is 1. The number of rotatable bonds is 5. The van der Waals surface area contributed by atoms with Crippen LogP contribution in [0.15, 0.2) is 53.1 Å². The van der Waals surface area contributed by atoms with Gasteiger partial charge in [-0.15, -0.1) is 0 Å². The standard InChI is InChI=1S/C21H21ClN4O3/c1-28-18-4-2-3-17(13-18)23-20(27)15-9-11-26(12-10-15)21-24-19(25-29-21)14-5-7-16(22)8-6-14/h2-8,13,15H,9-12H2,1H3,(H,23,27). The molecule has 0 unspecified atom stereocenters. The van der Waals surface area contributed by atoms with Crippen molar-refractivity contribution >= 4 is 29.2 Å². The van der Waals surface area contributed by atoms with Crippen LogP contribution in [0, 0.1) is 5.92 Å². The van der Waals surface area contributed by atoms with E-state index in [1.807, 2.05) is 41.3 Å². The first kappa shape index (κ1) is 19.3. The summed E-state index contributed by atoms with van der Waals surface area (Å²) in [6, 6.07) is 15.1. The SMILES string of the molecule is COc1cccc(NC(=O)C2CCN(c3nc(-c4ccc(Cl)cc4)no3)CC2)c1. The molecule has 4 rings (SSSR count). The third kappa shape index (κ3) is 4.51. The Kier molecular flexibility index (Phi) is 5.67. The van der Waals surface area contributed by atoms with Crippen molar-refractivity contribution in [1.29, 1.82) is 0 Å². The van der Waals surface area contributed by atoms with Gasteiger partial charge in [-0.25, -0.2) is 0 Å². The predicted octanol–water partition coefficient (Wildman–Crippen LogP) is 4.25. The van der Waals surface area contributed by atoms with Gasteiger partial charge in [-0.2, -0.15) is 4.98 Å². The summed E-state index contributed by atoms with van der Waals surface area (Å²) < 4.78 is 10.6. The van der Waals surface area contributed by atoms with Gasteiger partial charge in [0.1, 0.15) is 5.75 Å². The molecule has 3 aromatic rings. The highest BCUT2D eigenvalue weighted by Crippen LogP contribution is 2.26. The van der Waals surface area contributed by atoms with Crippen LogP contribution >= 0.6 is 11.6 Å². The van der Waals surface area contributed by atoms with Gasteiger partial charge in [0.15, 0.2) is 0 Å². The van der Waals surface area contributed by atoms with Gasteiger partial charge in [0.25, 0.3) is 0 Å². The first-order chi connectivity index (χ1) is 14.1. The molecule has 1 fully saturated rings. The zero-order valence-electron chi connectivity index (χ0n) is 16.0. The number of carbonyl (C=O) groups excluding carboxylic acids is 1. The van der Waals surface area contributed by atoms with Gasteiger partial charge in [0.2, 0.25) is 11.7 Å². The molecule has 0 saturated carbocycles. The van der Waals surface area contributed by atoms with Crippen LogP contribution in [0.25, 0.3) is 11.4 Å². The molecular formula is C21H21ClN4O3. The number of benzene rings is 2. The molecule has 1 aliphatic heterocycles. The molecule has 2 aromatic carbocycles. The average molecular weight is 413 g/mol. The van der Waals surface area contributed by atoms with Crippen molar-refractivity contribution in [3.63, 3.8) is 0 Å². The zero-order chi connectivity index (χ0) is 20.2. The first-order valence-corrected chi connectivity index (χ1v) is 9.79. The summed E-state index contributed by atoms with van der Waals surface area (Å²) in [5.74, 6) is 1.20. The lowest BCUT2D eigenvalue weighted by atomic mass is 9.96. The van der Waals surface area contributed by atoms with Gasteiger partial charge in [0.05, 0.1) is 7.11 Å². The highest BCUT2D eigenvalue weighted by atomic mass is 35.5. The molecule has 1 N–H and O–H groups in total. The van der Waals surface area contributed by atoms with Crippen molar-refractivity contribution in [2.45, 2.75) is 12.8 Å². The highest BCUT2D eigenvalue weighted by Gasteiger charge is 2.27. The molecule has 29 heavy (non-hydrogen) atoms. The molecule has 0 bridgehead atoms. The zero-order valence-corrected chi connectivity index (χ0v) is 16.7. The van der Waals surface area contributed by atoms with Crippen molar-refractivity contribution in [1.82, 2.24) is 10.1 Å². The number of nitrogens with one attached hydrogen (secondary N) is 1. The minimum atomic E-state index is -0.0592. The highest BCUT2D eigenvalue weighted by molar-refractivity contribution is 6.30. The Hall–Kier alpha value is -3.06. The largest absolute Gasteiger partial charge is 0.497 e. The maximum atomic E-state index is 12.6. The Labute approximate surface area is 173 Å². The third-order valence-corrected chi connectivity index (χ3v) is 5.24. The molecular weight excluding hydrogens is 392 g/mol. The Morgan fingerprint density at radius 2 is 1.97 bits per heavy atom. The second-order valence-electron chi connectivity index (χ2n) is 6.89. The lowest BCUT2D eigenvalue weighted by Gasteiger charge is -2.29. The van der Waals surface area contributed by atoms with E-state index in [2.05, 4.69) is 15.5 Å². The van der Waals surface area contributed by atoms with Crippen LogP contribution in [0.1, 0.15) is 12.8 Å². The van der Waals surface area contributed by atoms with Crippen molar-refractivity contribution in [3.8, 4) is 17.1 Å². The molecule has 1 aliphatic rings. The molecule has 8 heteroatoms. The number of anilines is 2. The number of nitrogens with zero attached hydrogens (tertiary/aromatic N) is 3. The summed E-state index contributed by atoms with van der Waals surface area (Å²) in [7, 11) is 1.60. The number of methoxy groups -OCH3 is 1. The van der Waals surface area contributed by atoms with E-state index < -0.39 is 0 Å². The minimum Gasteiger partial charge on any atom is -0.497 e. The van der Waals surface area contributed by atoms with Crippen LogP contribution in [0.3, 0.4) is 0 Å². The molecule has 0 aliphatic carbocycles. The summed E-state index contributed by atoms with van der Waals surface area (Å²) >= 11 is 5.92. The number of hydrogen-bond donors (Lipinski definition) is 1. The van der Waals surface area contributed by atoms with Crippen LogP contribution in [0.4, 0.5) is 11.7 Å². The van der Waals surface area contributed by atoms with Crippen LogP contribution in [-0.4, -0.2) is 36.2 Å². The molecule has 1 aromatic heterocycles. The fourth-order valence-corrected chi connectivity index (χ4v) is 3.46. The molecule has 1 saturated heterocycles. The Morgan fingerprint density at radius 3 is 2.69 bits per heavy atom. The van der Waals surface area contributed by atoms with Crippen LogP contribution in [-0.2, 0) is 4.79 Å². The fourth-order valence-electron chi connectivity index (χ4n) is 3.34. The van der Waals surface area contributed by atoms with Gasteiger partial charge < -0.3 is 19.5 Å². The lowest BCUT2D eigenvalue weighted by Crippen LogP contribution is -2.38. The normalized spacial score (nSPS) is 14.6. The summed E-state index contributed by atoms with van der Waals surface area (Å²) in [5.41, 5.74) is 1.58. The smallest absolute Gasteiger partial charge is 0.324 e. The monoisotopic (exact) mass is 412 g/mol. The number of carbonyl (C=O) groups is 1. The van der Waals surface area contributed by atoms with E-state index >= 15 is 0 Å². The van der Waals surface area contributed by atoms with Gasteiger partial charge in [0, 0.05) is 41.3 Å². The number of ether oxygens (including phenoxy) is 1. The minimum absolute atomic E-state index is 0.0188. The van der Waals surface area contributed by atoms with Crippen molar-refractivity contribution in [2.75, 3.05) is 30.4 Å². The van der Waals surface area contributed by atoms with Gasteiger partial charge in [-0.3, -0.25) is 4.79 Å². The fraction of sp³-hybridized carbons (Fsp3) is 0.286. The van der Waals surface area contributed by atoms with Gasteiger partial charge >= 0.3 is 6.01 Å². The molecule has 0 atom stereocenters. The van der Waals surface area contributed by atoms with E-state index in [1.165, 1.54) is 0 Å². The molecule has 0 spiro atoms. The summed E-state index contributed by atoms with van der Waals surface area (Å²) in [4.78, 5) is 19.1. The van der Waals surface area contributed by atoms with E-state index in [9.17, 15) is 4.79 Å². The second kappa shape index (κ2) is 8.53. The summed E-state index contributed by atoms with van der Waals surface area (Å²) in [5, 5.41) is 7.69. The van der Waals surface area contributed by atoms with E-state index in [0.29, 0.717) is 48.5 Å². The predicted molar refractivity (Wildman–Crippen MR) is 111 cm³/mol. The third-order valence-electron chi connectivity index (χ3n) is 4.99. The summed E-state index contributed by atoms with van der Waals surface area (Å²) in [6.45, 7) is 1.36. The van der Waals surface area contributed by atoms with Crippen molar-refractivity contribution in [3.05, 3.63) is 53.6 Å². The van der Waals surface area contributed by atoms with Crippen LogP contribution in [0.2, 0.25) is 5.02 Å². The quantitative estimate of drug-likeness (QED) is 0.674. The Bertz CT molecular complexity index is 982. The maximum absolute atomic E-state index is 12.6. The van der Waals surface area contributed by atoms with Crippen LogP contribution < -0.4 is 15.0 Å².